The summed E-state index contributed by atoms with van der Waals surface area (Å²) < 4.78 is 49.5. The van der Waals surface area contributed by atoms with Crippen LogP contribution in [0.1, 0.15) is 57.5 Å². The largest absolute Gasteiger partial charge is 0.333 e. The van der Waals surface area contributed by atoms with Gasteiger partial charge in [-0.25, -0.2) is 9.36 Å². The highest BCUT2D eigenvalue weighted by Gasteiger charge is 2.13. The summed E-state index contributed by atoms with van der Waals surface area (Å²) in [5.74, 6) is 0.0894. The quantitative estimate of drug-likeness (QED) is 0.753. The Morgan fingerprint density at radius 3 is 2.18 bits per heavy atom. The van der Waals surface area contributed by atoms with Crippen LogP contribution in [0.15, 0.2) is 24.7 Å². The molecule has 0 saturated heterocycles. The van der Waals surface area contributed by atoms with E-state index in [-0.39, 0.29) is 5.92 Å². The molecule has 0 aliphatic rings. The minimum Gasteiger partial charge on any atom is -0.211 e. The fourth-order valence-corrected chi connectivity index (χ4v) is 1.85. The van der Waals surface area contributed by atoms with Crippen LogP contribution in [0.25, 0.3) is 0 Å². The standard InChI is InChI=1S/2C7H10F2N2/c1-5(2)6-3-4-10-11(6)7(8)9;1-2-3-6-4-10-11(5-6)7(8)9/h3-5,7H,1-2H3;4-5,7H,2-3H2,1H3. The first-order chi connectivity index (χ1) is 10.4. The summed E-state index contributed by atoms with van der Waals surface area (Å²) >= 11 is 0. The molecule has 2 heterocycles. The van der Waals surface area contributed by atoms with E-state index in [1.165, 1.54) is 18.6 Å². The molecule has 0 aromatic carbocycles. The van der Waals surface area contributed by atoms with E-state index in [1.807, 2.05) is 20.8 Å². The lowest BCUT2D eigenvalue weighted by atomic mass is 10.1. The normalized spacial score (nSPS) is 11.2. The molecule has 0 N–H and O–H groups in total. The third-order valence-electron chi connectivity index (χ3n) is 2.87. The lowest BCUT2D eigenvalue weighted by molar-refractivity contribution is 0.0526. The minimum absolute atomic E-state index is 0.0894. The molecule has 0 spiro atoms. The van der Waals surface area contributed by atoms with Crippen molar-refractivity contribution in [3.05, 3.63) is 35.9 Å². The van der Waals surface area contributed by atoms with Crippen LogP contribution in [0.2, 0.25) is 0 Å². The number of hydrogen-bond donors (Lipinski definition) is 0. The number of nitrogens with zero attached hydrogens (tertiary/aromatic N) is 4. The monoisotopic (exact) mass is 320 g/mol. The van der Waals surface area contributed by atoms with Crippen molar-refractivity contribution in [1.82, 2.24) is 19.6 Å². The second-order valence-corrected chi connectivity index (χ2v) is 4.99. The van der Waals surface area contributed by atoms with Crippen molar-refractivity contribution in [2.75, 3.05) is 0 Å². The Morgan fingerprint density at radius 1 is 1.09 bits per heavy atom. The summed E-state index contributed by atoms with van der Waals surface area (Å²) in [4.78, 5) is 0. The highest BCUT2D eigenvalue weighted by molar-refractivity contribution is 5.05. The van der Waals surface area contributed by atoms with Gasteiger partial charge in [0.1, 0.15) is 0 Å². The van der Waals surface area contributed by atoms with Crippen molar-refractivity contribution in [2.45, 2.75) is 52.6 Å². The van der Waals surface area contributed by atoms with Crippen LogP contribution in [-0.4, -0.2) is 19.6 Å². The van der Waals surface area contributed by atoms with E-state index in [4.69, 9.17) is 0 Å². The van der Waals surface area contributed by atoms with Crippen molar-refractivity contribution < 1.29 is 17.6 Å². The molecule has 0 aliphatic carbocycles. The zero-order valence-electron chi connectivity index (χ0n) is 12.8. The molecule has 0 saturated carbocycles. The highest BCUT2D eigenvalue weighted by Crippen LogP contribution is 2.18. The van der Waals surface area contributed by atoms with Gasteiger partial charge in [-0.1, -0.05) is 27.2 Å². The maximum Gasteiger partial charge on any atom is 0.333 e. The molecule has 0 bridgehead atoms. The Labute approximate surface area is 126 Å². The number of aromatic nitrogens is 4. The maximum atomic E-state index is 12.1. The molecule has 4 nitrogen and oxygen atoms in total. The number of aryl methyl sites for hydroxylation is 1. The molecular formula is C14H20F4N4. The third-order valence-corrected chi connectivity index (χ3v) is 2.87. The summed E-state index contributed by atoms with van der Waals surface area (Å²) in [5.41, 5.74) is 1.44. The van der Waals surface area contributed by atoms with E-state index in [2.05, 4.69) is 10.2 Å². The summed E-state index contributed by atoms with van der Waals surface area (Å²) in [6.45, 7) is 0.675. The van der Waals surface area contributed by atoms with E-state index in [9.17, 15) is 17.6 Å². The topological polar surface area (TPSA) is 35.6 Å². The average Bonchev–Trinajstić information content (AvgIpc) is 3.08. The summed E-state index contributed by atoms with van der Waals surface area (Å²) in [5, 5.41) is 7.00. The van der Waals surface area contributed by atoms with Gasteiger partial charge in [-0.15, -0.1) is 0 Å². The first-order valence-corrected chi connectivity index (χ1v) is 6.99. The molecule has 2 rings (SSSR count). The van der Waals surface area contributed by atoms with E-state index >= 15 is 0 Å². The van der Waals surface area contributed by atoms with Crippen LogP contribution in [0.3, 0.4) is 0 Å². The zero-order valence-corrected chi connectivity index (χ0v) is 12.8. The Bertz CT molecular complexity index is 526. The molecule has 0 aliphatic heterocycles. The van der Waals surface area contributed by atoms with Crippen molar-refractivity contribution in [3.63, 3.8) is 0 Å². The van der Waals surface area contributed by atoms with Gasteiger partial charge >= 0.3 is 13.1 Å². The van der Waals surface area contributed by atoms with Crippen molar-refractivity contribution in [1.29, 1.82) is 0 Å². The van der Waals surface area contributed by atoms with Gasteiger partial charge in [-0.3, -0.25) is 0 Å². The van der Waals surface area contributed by atoms with Crippen LogP contribution < -0.4 is 0 Å². The molecular weight excluding hydrogens is 300 g/mol. The Morgan fingerprint density at radius 2 is 1.77 bits per heavy atom. The van der Waals surface area contributed by atoms with E-state index in [0.29, 0.717) is 10.4 Å². The van der Waals surface area contributed by atoms with Crippen LogP contribution >= 0.6 is 0 Å². The van der Waals surface area contributed by atoms with Gasteiger partial charge in [0.05, 0.1) is 6.20 Å². The lowest BCUT2D eigenvalue weighted by Crippen LogP contribution is -2.06. The van der Waals surface area contributed by atoms with Crippen LogP contribution in [-0.2, 0) is 6.42 Å². The second-order valence-electron chi connectivity index (χ2n) is 4.99. The molecule has 0 amide bonds. The van der Waals surface area contributed by atoms with Crippen LogP contribution in [0.4, 0.5) is 17.6 Å². The molecule has 2 aromatic rings. The second kappa shape index (κ2) is 8.55. The van der Waals surface area contributed by atoms with E-state index in [0.717, 1.165) is 23.1 Å². The first kappa shape index (κ1) is 18.2. The minimum atomic E-state index is -2.53. The van der Waals surface area contributed by atoms with E-state index < -0.39 is 13.1 Å². The highest BCUT2D eigenvalue weighted by atomic mass is 19.3. The SMILES string of the molecule is CC(C)c1ccnn1C(F)F.CCCc1cnn(C(F)F)c1. The van der Waals surface area contributed by atoms with Crippen molar-refractivity contribution in [3.8, 4) is 0 Å². The van der Waals surface area contributed by atoms with Crippen molar-refractivity contribution >= 4 is 0 Å². The number of halogens is 4. The van der Waals surface area contributed by atoms with Gasteiger partial charge in [-0.2, -0.15) is 27.8 Å². The molecule has 0 radical (unpaired) electrons. The lowest BCUT2D eigenvalue weighted by Gasteiger charge is -2.07. The van der Waals surface area contributed by atoms with Crippen LogP contribution in [0, 0.1) is 0 Å². The number of alkyl halides is 4. The third kappa shape index (κ3) is 5.16. The average molecular weight is 320 g/mol. The summed E-state index contributed by atoms with van der Waals surface area (Å²) in [6, 6.07) is 1.61. The van der Waals surface area contributed by atoms with Gasteiger partial charge in [0.15, 0.2) is 0 Å². The maximum absolute atomic E-state index is 12.1. The Kier molecular flexibility index (Phi) is 7.07. The molecule has 22 heavy (non-hydrogen) atoms. The first-order valence-electron chi connectivity index (χ1n) is 6.99. The predicted octanol–water partition coefficient (Wildman–Crippen LogP) is 4.63. The smallest absolute Gasteiger partial charge is 0.211 e. The fraction of sp³-hybridized carbons (Fsp3) is 0.571. The van der Waals surface area contributed by atoms with Gasteiger partial charge in [0, 0.05) is 18.1 Å². The number of hydrogen-bond acceptors (Lipinski definition) is 2. The van der Waals surface area contributed by atoms with Gasteiger partial charge < -0.3 is 0 Å². The fourth-order valence-electron chi connectivity index (χ4n) is 1.85. The van der Waals surface area contributed by atoms with Gasteiger partial charge in [-0.05, 0) is 24.0 Å². The zero-order chi connectivity index (χ0) is 16.7. The molecule has 0 atom stereocenters. The van der Waals surface area contributed by atoms with Gasteiger partial charge in [0.2, 0.25) is 0 Å². The molecule has 124 valence electrons. The molecule has 2 aromatic heterocycles. The Balaban J connectivity index is 0.000000220. The summed E-state index contributed by atoms with van der Waals surface area (Å²) in [6.07, 6.45) is 6.02. The molecule has 8 heteroatoms. The predicted molar refractivity (Wildman–Crippen MR) is 75.0 cm³/mol. The summed E-state index contributed by atoms with van der Waals surface area (Å²) in [7, 11) is 0. The van der Waals surface area contributed by atoms with Crippen molar-refractivity contribution in [2.24, 2.45) is 0 Å². The number of rotatable bonds is 5. The Hall–Kier alpha value is -1.86. The molecule has 0 unspecified atom stereocenters. The van der Waals surface area contributed by atoms with Gasteiger partial charge in [0.25, 0.3) is 0 Å². The van der Waals surface area contributed by atoms with Crippen LogP contribution in [0.5, 0.6) is 0 Å². The van der Waals surface area contributed by atoms with E-state index in [1.54, 1.807) is 6.07 Å². The molecule has 0 fully saturated rings.